The third-order valence-electron chi connectivity index (χ3n) is 3.77. The maximum absolute atomic E-state index is 13.7. The van der Waals surface area contributed by atoms with Gasteiger partial charge in [-0.05, 0) is 6.07 Å². The Balaban J connectivity index is 2.09. The van der Waals surface area contributed by atoms with Crippen molar-refractivity contribution < 1.29 is 14.0 Å². The zero-order valence-corrected chi connectivity index (χ0v) is 12.3. The number of benzene rings is 1. The molecule has 0 spiro atoms. The fraction of sp³-hybridized carbons (Fsp3) is 0.467. The van der Waals surface area contributed by atoms with Crippen molar-refractivity contribution >= 4 is 11.8 Å². The van der Waals surface area contributed by atoms with Crippen LogP contribution in [0.15, 0.2) is 24.3 Å². The average molecular weight is 293 g/mol. The first kappa shape index (κ1) is 15.4. The van der Waals surface area contributed by atoms with Gasteiger partial charge in [-0.15, -0.1) is 0 Å². The number of hydrogen-bond donors (Lipinski definition) is 1. The molecule has 1 saturated heterocycles. The SMILES string of the molecule is CNC(=O)C1CN(Cc2ccccc2F)CCN1C(C)=O. The summed E-state index contributed by atoms with van der Waals surface area (Å²) in [4.78, 5) is 27.1. The summed E-state index contributed by atoms with van der Waals surface area (Å²) >= 11 is 0. The van der Waals surface area contributed by atoms with Gasteiger partial charge in [-0.2, -0.15) is 0 Å². The molecular formula is C15H20FN3O2. The van der Waals surface area contributed by atoms with E-state index in [1.165, 1.54) is 13.0 Å². The molecule has 2 rings (SSSR count). The Morgan fingerprint density at radius 1 is 1.33 bits per heavy atom. The van der Waals surface area contributed by atoms with Gasteiger partial charge in [0.15, 0.2) is 0 Å². The summed E-state index contributed by atoms with van der Waals surface area (Å²) < 4.78 is 13.7. The number of carbonyl (C=O) groups is 2. The topological polar surface area (TPSA) is 52.7 Å². The normalized spacial score (nSPS) is 19.4. The lowest BCUT2D eigenvalue weighted by atomic mass is 10.1. The summed E-state index contributed by atoms with van der Waals surface area (Å²) in [7, 11) is 1.55. The molecule has 1 aromatic rings. The average Bonchev–Trinajstić information content (AvgIpc) is 2.48. The van der Waals surface area contributed by atoms with Gasteiger partial charge in [0.05, 0.1) is 0 Å². The van der Waals surface area contributed by atoms with E-state index in [4.69, 9.17) is 0 Å². The number of piperazine rings is 1. The van der Waals surface area contributed by atoms with Crippen molar-refractivity contribution in [2.24, 2.45) is 0 Å². The smallest absolute Gasteiger partial charge is 0.243 e. The van der Waals surface area contributed by atoms with Gasteiger partial charge in [0.2, 0.25) is 11.8 Å². The van der Waals surface area contributed by atoms with Crippen molar-refractivity contribution in [2.45, 2.75) is 19.5 Å². The Labute approximate surface area is 123 Å². The lowest BCUT2D eigenvalue weighted by Gasteiger charge is -2.40. The number of amides is 2. The van der Waals surface area contributed by atoms with E-state index in [9.17, 15) is 14.0 Å². The zero-order chi connectivity index (χ0) is 15.4. The van der Waals surface area contributed by atoms with Gasteiger partial charge in [-0.3, -0.25) is 14.5 Å². The molecule has 5 nitrogen and oxygen atoms in total. The van der Waals surface area contributed by atoms with Crippen molar-refractivity contribution in [3.8, 4) is 0 Å². The summed E-state index contributed by atoms with van der Waals surface area (Å²) in [6.07, 6.45) is 0. The van der Waals surface area contributed by atoms with Crippen molar-refractivity contribution in [2.75, 3.05) is 26.7 Å². The minimum atomic E-state index is -0.520. The molecular weight excluding hydrogens is 273 g/mol. The van der Waals surface area contributed by atoms with E-state index in [2.05, 4.69) is 5.32 Å². The van der Waals surface area contributed by atoms with E-state index in [0.29, 0.717) is 31.7 Å². The van der Waals surface area contributed by atoms with E-state index in [-0.39, 0.29) is 17.6 Å². The lowest BCUT2D eigenvalue weighted by Crippen LogP contribution is -2.59. The largest absolute Gasteiger partial charge is 0.357 e. The second-order valence-electron chi connectivity index (χ2n) is 5.17. The van der Waals surface area contributed by atoms with Gasteiger partial charge in [-0.1, -0.05) is 18.2 Å². The number of nitrogens with zero attached hydrogens (tertiary/aromatic N) is 2. The van der Waals surface area contributed by atoms with Crippen LogP contribution in [0.25, 0.3) is 0 Å². The number of nitrogens with one attached hydrogen (secondary N) is 1. The maximum Gasteiger partial charge on any atom is 0.243 e. The standard InChI is InChI=1S/C15H20FN3O2/c1-11(20)19-8-7-18(10-14(19)15(21)17-2)9-12-5-3-4-6-13(12)16/h3-6,14H,7-10H2,1-2H3,(H,17,21). The highest BCUT2D eigenvalue weighted by atomic mass is 19.1. The quantitative estimate of drug-likeness (QED) is 0.888. The highest BCUT2D eigenvalue weighted by molar-refractivity contribution is 5.87. The molecule has 1 heterocycles. The van der Waals surface area contributed by atoms with Crippen LogP contribution in [0.3, 0.4) is 0 Å². The van der Waals surface area contributed by atoms with Crippen molar-refractivity contribution in [1.82, 2.24) is 15.1 Å². The van der Waals surface area contributed by atoms with Crippen LogP contribution in [-0.2, 0) is 16.1 Å². The molecule has 6 heteroatoms. The fourth-order valence-corrected chi connectivity index (χ4v) is 2.62. The van der Waals surface area contributed by atoms with Gasteiger partial charge in [0.1, 0.15) is 11.9 Å². The van der Waals surface area contributed by atoms with Gasteiger partial charge >= 0.3 is 0 Å². The molecule has 1 aliphatic rings. The van der Waals surface area contributed by atoms with Crippen LogP contribution in [0, 0.1) is 5.82 Å². The van der Waals surface area contributed by atoms with E-state index < -0.39 is 6.04 Å². The molecule has 0 aliphatic carbocycles. The first-order valence-corrected chi connectivity index (χ1v) is 6.97. The molecule has 0 aromatic heterocycles. The highest BCUT2D eigenvalue weighted by Gasteiger charge is 2.33. The van der Waals surface area contributed by atoms with E-state index >= 15 is 0 Å². The van der Waals surface area contributed by atoms with Crippen LogP contribution in [0.1, 0.15) is 12.5 Å². The molecule has 0 radical (unpaired) electrons. The third kappa shape index (κ3) is 3.58. The number of hydrogen-bond acceptors (Lipinski definition) is 3. The molecule has 1 aromatic carbocycles. The van der Waals surface area contributed by atoms with Crippen LogP contribution in [-0.4, -0.2) is 54.3 Å². The molecule has 1 unspecified atom stereocenters. The Bertz CT molecular complexity index is 535. The number of rotatable bonds is 3. The Hall–Kier alpha value is -1.95. The maximum atomic E-state index is 13.7. The molecule has 2 amide bonds. The zero-order valence-electron chi connectivity index (χ0n) is 12.3. The molecule has 1 N–H and O–H groups in total. The monoisotopic (exact) mass is 293 g/mol. The van der Waals surface area contributed by atoms with Crippen LogP contribution in [0.2, 0.25) is 0 Å². The number of likely N-dealkylation sites (N-methyl/N-ethyl adjacent to an activating group) is 1. The molecule has 1 aliphatic heterocycles. The van der Waals surface area contributed by atoms with Crippen LogP contribution < -0.4 is 5.32 Å². The van der Waals surface area contributed by atoms with E-state index in [1.807, 2.05) is 4.90 Å². The Morgan fingerprint density at radius 2 is 2.05 bits per heavy atom. The van der Waals surface area contributed by atoms with Gasteiger partial charge in [0.25, 0.3) is 0 Å². The Morgan fingerprint density at radius 3 is 2.67 bits per heavy atom. The lowest BCUT2D eigenvalue weighted by molar-refractivity contribution is -0.142. The van der Waals surface area contributed by atoms with E-state index in [0.717, 1.165) is 0 Å². The first-order chi connectivity index (χ1) is 10.0. The second kappa shape index (κ2) is 6.67. The van der Waals surface area contributed by atoms with Gasteiger partial charge in [-0.25, -0.2) is 4.39 Å². The molecule has 114 valence electrons. The number of halogens is 1. The summed E-state index contributed by atoms with van der Waals surface area (Å²) in [6, 6.07) is 6.09. The van der Waals surface area contributed by atoms with Crippen LogP contribution >= 0.6 is 0 Å². The Kier molecular flexibility index (Phi) is 4.90. The highest BCUT2D eigenvalue weighted by Crippen LogP contribution is 2.15. The van der Waals surface area contributed by atoms with Crippen molar-refractivity contribution in [1.29, 1.82) is 0 Å². The molecule has 1 atom stereocenters. The third-order valence-corrected chi connectivity index (χ3v) is 3.77. The molecule has 0 saturated carbocycles. The van der Waals surface area contributed by atoms with Crippen molar-refractivity contribution in [3.63, 3.8) is 0 Å². The van der Waals surface area contributed by atoms with Gasteiger partial charge in [0, 0.05) is 45.7 Å². The first-order valence-electron chi connectivity index (χ1n) is 6.97. The second-order valence-corrected chi connectivity index (χ2v) is 5.17. The fourth-order valence-electron chi connectivity index (χ4n) is 2.62. The van der Waals surface area contributed by atoms with Crippen LogP contribution in [0.4, 0.5) is 4.39 Å². The summed E-state index contributed by atoms with van der Waals surface area (Å²) in [5.41, 5.74) is 0.601. The van der Waals surface area contributed by atoms with Crippen molar-refractivity contribution in [3.05, 3.63) is 35.6 Å². The predicted octanol–water partition coefficient (Wildman–Crippen LogP) is 0.604. The summed E-state index contributed by atoms with van der Waals surface area (Å²) in [6.45, 7) is 3.41. The minimum Gasteiger partial charge on any atom is -0.357 e. The number of carbonyl (C=O) groups excluding carboxylic acids is 2. The summed E-state index contributed by atoms with van der Waals surface area (Å²) in [5.74, 6) is -0.555. The van der Waals surface area contributed by atoms with Gasteiger partial charge < -0.3 is 10.2 Å². The molecule has 21 heavy (non-hydrogen) atoms. The summed E-state index contributed by atoms with van der Waals surface area (Å²) in [5, 5.41) is 2.58. The van der Waals surface area contributed by atoms with E-state index in [1.54, 1.807) is 30.1 Å². The molecule has 0 bridgehead atoms. The van der Waals surface area contributed by atoms with Crippen LogP contribution in [0.5, 0.6) is 0 Å². The molecule has 1 fully saturated rings. The minimum absolute atomic E-state index is 0.117. The predicted molar refractivity (Wildman–Crippen MR) is 76.9 cm³/mol.